The van der Waals surface area contributed by atoms with Crippen molar-refractivity contribution in [3.05, 3.63) is 35.9 Å². The normalized spacial score (nSPS) is 14.0. The molecule has 3 amide bonds. The summed E-state index contributed by atoms with van der Waals surface area (Å²) in [5.41, 5.74) is 17.4. The van der Waals surface area contributed by atoms with Gasteiger partial charge in [-0.05, 0) is 43.8 Å². The van der Waals surface area contributed by atoms with E-state index in [0.29, 0.717) is 18.6 Å². The molecule has 0 spiro atoms. The van der Waals surface area contributed by atoms with Gasteiger partial charge in [0.1, 0.15) is 18.1 Å². The number of hydrogen-bond acceptors (Lipinski definition) is 7. The van der Waals surface area contributed by atoms with Crippen LogP contribution in [0, 0.1) is 0 Å². The largest absolute Gasteiger partial charge is 0.480 e. The molecule has 10 N–H and O–H groups in total. The molecule has 0 aliphatic carbocycles. The van der Waals surface area contributed by atoms with E-state index in [1.165, 1.54) is 6.92 Å². The van der Waals surface area contributed by atoms with Gasteiger partial charge in [-0.3, -0.25) is 24.2 Å². The molecule has 0 aliphatic rings. The molecule has 0 bridgehead atoms. The first kappa shape index (κ1) is 30.7. The number of nitrogens with two attached hydrogens (primary N) is 3. The Bertz CT molecular complexity index is 896. The lowest BCUT2D eigenvalue weighted by atomic mass is 10.0. The van der Waals surface area contributed by atoms with Gasteiger partial charge in [-0.2, -0.15) is 11.8 Å². The zero-order valence-corrected chi connectivity index (χ0v) is 21.4. The quantitative estimate of drug-likeness (QED) is 0.0795. The van der Waals surface area contributed by atoms with Crippen molar-refractivity contribution >= 4 is 41.4 Å². The summed E-state index contributed by atoms with van der Waals surface area (Å²) in [6.07, 6.45) is 3.01. The van der Waals surface area contributed by atoms with Gasteiger partial charge in [-0.15, -0.1) is 0 Å². The molecule has 4 atom stereocenters. The van der Waals surface area contributed by atoms with Gasteiger partial charge in [0.2, 0.25) is 17.7 Å². The smallest absolute Gasteiger partial charge is 0.325 e. The first-order valence-electron chi connectivity index (χ1n) is 11.5. The van der Waals surface area contributed by atoms with Crippen LogP contribution in [0.15, 0.2) is 35.3 Å². The molecule has 0 fully saturated rings. The van der Waals surface area contributed by atoms with E-state index >= 15 is 0 Å². The number of aliphatic carboxylic acids is 1. The number of carbonyl (C=O) groups is 4. The lowest BCUT2D eigenvalue weighted by Gasteiger charge is -2.25. The predicted octanol–water partition coefficient (Wildman–Crippen LogP) is -1.08. The molecule has 12 nitrogen and oxygen atoms in total. The Balaban J connectivity index is 3.05. The maximum absolute atomic E-state index is 13.2. The molecular weight excluding hydrogens is 486 g/mol. The molecule has 0 saturated heterocycles. The zero-order chi connectivity index (χ0) is 27.1. The van der Waals surface area contributed by atoms with Gasteiger partial charge < -0.3 is 38.3 Å². The topological polar surface area (TPSA) is 215 Å². The number of aliphatic imine (C=N–C) groups is 1. The molecule has 36 heavy (non-hydrogen) atoms. The van der Waals surface area contributed by atoms with Crippen molar-refractivity contribution in [1.29, 1.82) is 0 Å². The number of guanidine groups is 1. The summed E-state index contributed by atoms with van der Waals surface area (Å²) in [6, 6.07) is 4.91. The Kier molecular flexibility index (Phi) is 14.0. The average molecular weight is 524 g/mol. The first-order valence-corrected chi connectivity index (χ1v) is 12.9. The fraction of sp³-hybridized carbons (Fsp3) is 0.522. The third-order valence-electron chi connectivity index (χ3n) is 5.19. The van der Waals surface area contributed by atoms with Crippen molar-refractivity contribution in [3.8, 4) is 0 Å². The van der Waals surface area contributed by atoms with Crippen molar-refractivity contribution in [2.45, 2.75) is 56.8 Å². The highest BCUT2D eigenvalue weighted by Gasteiger charge is 2.29. The zero-order valence-electron chi connectivity index (χ0n) is 20.6. The van der Waals surface area contributed by atoms with Gasteiger partial charge in [0.05, 0.1) is 6.04 Å². The molecule has 0 heterocycles. The van der Waals surface area contributed by atoms with Crippen LogP contribution in [0.3, 0.4) is 0 Å². The summed E-state index contributed by atoms with van der Waals surface area (Å²) in [7, 11) is 0. The molecule has 1 aromatic carbocycles. The molecule has 0 aliphatic heterocycles. The second-order valence-electron chi connectivity index (χ2n) is 8.22. The number of carboxylic acids is 1. The average Bonchev–Trinajstić information content (AvgIpc) is 2.83. The van der Waals surface area contributed by atoms with E-state index in [0.717, 1.165) is 5.56 Å². The van der Waals surface area contributed by atoms with E-state index in [4.69, 9.17) is 22.3 Å². The highest BCUT2D eigenvalue weighted by atomic mass is 32.2. The van der Waals surface area contributed by atoms with Gasteiger partial charge in [0.15, 0.2) is 5.96 Å². The number of carbonyl (C=O) groups excluding carboxylic acids is 3. The lowest BCUT2D eigenvalue weighted by Crippen LogP contribution is -2.57. The summed E-state index contributed by atoms with van der Waals surface area (Å²) >= 11 is 1.55. The standard InChI is InChI=1S/C23H37N7O5S/c1-14(22(34)35)28-21(33)18(13-15-7-4-3-5-8-15)30-20(32)17(9-6-11-27-23(25)26)29-19(31)16(24)10-12-36-2/h3-5,7-8,14,16-18H,6,9-13,24H2,1-2H3,(H,28,33)(H,29,31)(H,30,32)(H,34,35)(H4,25,26,27)/t14-,16-,17-,18-/m0/s1. The number of thioether (sulfide) groups is 1. The highest BCUT2D eigenvalue weighted by Crippen LogP contribution is 2.07. The molecular formula is C23H37N7O5S. The van der Waals surface area contributed by atoms with Crippen LogP contribution in [0.1, 0.15) is 31.7 Å². The number of amides is 3. The molecule has 1 aromatic rings. The molecule has 0 radical (unpaired) electrons. The third kappa shape index (κ3) is 11.9. The first-order chi connectivity index (χ1) is 17.0. The lowest BCUT2D eigenvalue weighted by molar-refractivity contribution is -0.141. The van der Waals surface area contributed by atoms with Gasteiger partial charge in [0, 0.05) is 13.0 Å². The van der Waals surface area contributed by atoms with E-state index in [2.05, 4.69) is 20.9 Å². The van der Waals surface area contributed by atoms with Crippen molar-refractivity contribution in [2.75, 3.05) is 18.6 Å². The predicted molar refractivity (Wildman–Crippen MR) is 140 cm³/mol. The van der Waals surface area contributed by atoms with E-state index in [1.54, 1.807) is 36.0 Å². The Morgan fingerprint density at radius 3 is 2.17 bits per heavy atom. The van der Waals surface area contributed by atoms with E-state index < -0.39 is 47.9 Å². The van der Waals surface area contributed by atoms with Crippen LogP contribution in [0.25, 0.3) is 0 Å². The van der Waals surface area contributed by atoms with Crippen LogP contribution < -0.4 is 33.2 Å². The fourth-order valence-corrected chi connectivity index (χ4v) is 3.62. The summed E-state index contributed by atoms with van der Waals surface area (Å²) < 4.78 is 0. The molecule has 0 saturated carbocycles. The minimum atomic E-state index is -1.21. The van der Waals surface area contributed by atoms with Gasteiger partial charge in [-0.25, -0.2) is 0 Å². The summed E-state index contributed by atoms with van der Waals surface area (Å²) in [6.45, 7) is 1.56. The second kappa shape index (κ2) is 16.4. The van der Waals surface area contributed by atoms with E-state index in [-0.39, 0.29) is 25.3 Å². The maximum atomic E-state index is 13.2. The molecule has 1 rings (SSSR count). The Morgan fingerprint density at radius 1 is 0.972 bits per heavy atom. The number of benzene rings is 1. The van der Waals surface area contributed by atoms with Crippen LogP contribution in [0.5, 0.6) is 0 Å². The Labute approximate surface area is 215 Å². The maximum Gasteiger partial charge on any atom is 0.325 e. The van der Waals surface area contributed by atoms with E-state index in [1.807, 2.05) is 12.3 Å². The van der Waals surface area contributed by atoms with Crippen LogP contribution in [-0.2, 0) is 25.6 Å². The van der Waals surface area contributed by atoms with E-state index in [9.17, 15) is 19.2 Å². The number of rotatable bonds is 16. The summed E-state index contributed by atoms with van der Waals surface area (Å²) in [5.74, 6) is -2.39. The Hall–Kier alpha value is -3.32. The van der Waals surface area contributed by atoms with Gasteiger partial charge in [0.25, 0.3) is 0 Å². The molecule has 13 heteroatoms. The summed E-state index contributed by atoms with van der Waals surface area (Å²) in [5, 5.41) is 16.9. The van der Waals surface area contributed by atoms with Crippen LogP contribution in [0.4, 0.5) is 0 Å². The number of carboxylic acid groups (broad SMARTS) is 1. The number of nitrogens with zero attached hydrogens (tertiary/aromatic N) is 1. The van der Waals surface area contributed by atoms with Crippen LogP contribution in [0.2, 0.25) is 0 Å². The van der Waals surface area contributed by atoms with Crippen LogP contribution in [-0.4, -0.2) is 77.5 Å². The Morgan fingerprint density at radius 2 is 1.58 bits per heavy atom. The van der Waals surface area contributed by atoms with Gasteiger partial charge >= 0.3 is 5.97 Å². The SMILES string of the molecule is CSCC[C@H](N)C(=O)N[C@@H](CCCN=C(N)N)C(=O)N[C@@H](Cc1ccccc1)C(=O)N[C@@H](C)C(=O)O. The molecule has 0 unspecified atom stereocenters. The third-order valence-corrected chi connectivity index (χ3v) is 5.84. The minimum absolute atomic E-state index is 0.0914. The second-order valence-corrected chi connectivity index (χ2v) is 9.20. The molecule has 200 valence electrons. The van der Waals surface area contributed by atoms with Crippen molar-refractivity contribution in [2.24, 2.45) is 22.2 Å². The summed E-state index contributed by atoms with van der Waals surface area (Å²) in [4.78, 5) is 53.8. The fourth-order valence-electron chi connectivity index (χ4n) is 3.13. The van der Waals surface area contributed by atoms with Crippen molar-refractivity contribution in [3.63, 3.8) is 0 Å². The van der Waals surface area contributed by atoms with Crippen molar-refractivity contribution < 1.29 is 24.3 Å². The van der Waals surface area contributed by atoms with Crippen molar-refractivity contribution in [1.82, 2.24) is 16.0 Å². The molecule has 0 aromatic heterocycles. The van der Waals surface area contributed by atoms with Gasteiger partial charge in [-0.1, -0.05) is 30.3 Å². The van der Waals surface area contributed by atoms with Crippen LogP contribution >= 0.6 is 11.8 Å². The number of nitrogens with one attached hydrogen (secondary N) is 3. The minimum Gasteiger partial charge on any atom is -0.480 e. The monoisotopic (exact) mass is 523 g/mol. The number of hydrogen-bond donors (Lipinski definition) is 7. The highest BCUT2D eigenvalue weighted by molar-refractivity contribution is 7.98.